The minimum atomic E-state index is 0.858. The van der Waals surface area contributed by atoms with Crippen LogP contribution >= 0.6 is 0 Å². The average Bonchev–Trinajstić information content (AvgIpc) is 3.07. The molecule has 3 heterocycles. The molecule has 0 fully saturated rings. The van der Waals surface area contributed by atoms with Crippen LogP contribution in [0.5, 0.6) is 0 Å². The van der Waals surface area contributed by atoms with E-state index in [0.29, 0.717) is 0 Å². The number of pyridine rings is 1. The second-order valence-electron chi connectivity index (χ2n) is 6.19. The third kappa shape index (κ3) is 1.63. The fourth-order valence-corrected chi connectivity index (χ4v) is 3.67. The van der Waals surface area contributed by atoms with Crippen molar-refractivity contribution in [3.05, 3.63) is 72.9 Å². The molecule has 0 saturated carbocycles. The summed E-state index contributed by atoms with van der Waals surface area (Å²) in [4.78, 5) is 14.7. The lowest BCUT2D eigenvalue weighted by atomic mass is 10.1. The molecule has 25 heavy (non-hydrogen) atoms. The van der Waals surface area contributed by atoms with Crippen LogP contribution in [0.1, 0.15) is 0 Å². The number of rotatable bonds is 0. The van der Waals surface area contributed by atoms with E-state index < -0.39 is 0 Å². The number of para-hydroxylation sites is 2. The third-order valence-electron chi connectivity index (χ3n) is 4.76. The van der Waals surface area contributed by atoms with E-state index in [-0.39, 0.29) is 0 Å². The summed E-state index contributed by atoms with van der Waals surface area (Å²) in [5.41, 5.74) is 6.47. The van der Waals surface area contributed by atoms with Crippen LogP contribution in [-0.2, 0) is 0 Å². The fourth-order valence-electron chi connectivity index (χ4n) is 3.67. The highest BCUT2D eigenvalue weighted by Gasteiger charge is 2.16. The van der Waals surface area contributed by atoms with E-state index in [2.05, 4.69) is 28.8 Å². The summed E-state index contributed by atoms with van der Waals surface area (Å²) in [6.45, 7) is 0. The van der Waals surface area contributed by atoms with Crippen LogP contribution < -0.4 is 0 Å². The number of benzene rings is 3. The lowest BCUT2D eigenvalue weighted by Crippen LogP contribution is -1.91. The molecular formula is C21H12N4. The molecule has 0 unspecified atom stereocenters. The van der Waals surface area contributed by atoms with Gasteiger partial charge < -0.3 is 0 Å². The zero-order chi connectivity index (χ0) is 16.4. The van der Waals surface area contributed by atoms with E-state index in [4.69, 9.17) is 15.0 Å². The zero-order valence-corrected chi connectivity index (χ0v) is 13.2. The Kier molecular flexibility index (Phi) is 2.32. The normalized spacial score (nSPS) is 12.0. The summed E-state index contributed by atoms with van der Waals surface area (Å²) in [5, 5.41) is 2.25. The van der Waals surface area contributed by atoms with Crippen LogP contribution in [0.15, 0.2) is 72.9 Å². The van der Waals surface area contributed by atoms with Crippen LogP contribution in [0.2, 0.25) is 0 Å². The maximum Gasteiger partial charge on any atom is 0.138 e. The molecule has 6 rings (SSSR count). The van der Waals surface area contributed by atoms with Gasteiger partial charge in [-0.25, -0.2) is 15.0 Å². The van der Waals surface area contributed by atoms with E-state index in [1.807, 2.05) is 48.5 Å². The molecule has 0 spiro atoms. The Morgan fingerprint density at radius 3 is 2.08 bits per heavy atom. The van der Waals surface area contributed by atoms with Gasteiger partial charge >= 0.3 is 0 Å². The smallest absolute Gasteiger partial charge is 0.138 e. The standard InChI is InChI=1S/C21H12N4/c1-2-8-14-13(7-1)18-19(23-16-10-4-3-9-15(16)22-18)20-21(14)25-12-6-5-11-17(25)24-20/h1-12H. The molecule has 4 nitrogen and oxygen atoms in total. The van der Waals surface area contributed by atoms with Gasteiger partial charge in [-0.15, -0.1) is 0 Å². The van der Waals surface area contributed by atoms with Crippen LogP contribution in [0.25, 0.3) is 49.5 Å². The van der Waals surface area contributed by atoms with Crippen molar-refractivity contribution < 1.29 is 0 Å². The fraction of sp³-hybridized carbons (Fsp3) is 0. The molecule has 0 saturated heterocycles. The van der Waals surface area contributed by atoms with Gasteiger partial charge in [0.2, 0.25) is 0 Å². The monoisotopic (exact) mass is 320 g/mol. The number of hydrogen-bond donors (Lipinski definition) is 0. The Morgan fingerprint density at radius 2 is 1.24 bits per heavy atom. The molecule has 0 atom stereocenters. The molecule has 0 aliphatic carbocycles. The molecule has 6 aromatic rings. The number of aromatic nitrogens is 4. The van der Waals surface area contributed by atoms with Gasteiger partial charge in [-0.05, 0) is 24.3 Å². The summed E-state index contributed by atoms with van der Waals surface area (Å²) in [5.74, 6) is 0. The molecule has 0 aliphatic heterocycles. The van der Waals surface area contributed by atoms with Crippen LogP contribution in [0.4, 0.5) is 0 Å². The molecule has 116 valence electrons. The van der Waals surface area contributed by atoms with Crippen molar-refractivity contribution in [3.8, 4) is 0 Å². The van der Waals surface area contributed by atoms with Crippen LogP contribution in [0.3, 0.4) is 0 Å². The predicted molar refractivity (Wildman–Crippen MR) is 101 cm³/mol. The number of hydrogen-bond acceptors (Lipinski definition) is 3. The minimum Gasteiger partial charge on any atom is -0.299 e. The summed E-state index contributed by atoms with van der Waals surface area (Å²) in [6, 6.07) is 22.4. The Bertz CT molecular complexity index is 1450. The molecule has 3 aromatic heterocycles. The molecule has 0 aliphatic rings. The lowest BCUT2D eigenvalue weighted by molar-refractivity contribution is 1.23. The summed E-state index contributed by atoms with van der Waals surface area (Å²) >= 11 is 0. The van der Waals surface area contributed by atoms with Gasteiger partial charge in [0.15, 0.2) is 0 Å². The van der Waals surface area contributed by atoms with Gasteiger partial charge in [-0.2, -0.15) is 0 Å². The van der Waals surface area contributed by atoms with E-state index in [1.165, 1.54) is 0 Å². The summed E-state index contributed by atoms with van der Waals surface area (Å²) in [7, 11) is 0. The van der Waals surface area contributed by atoms with Crippen molar-refractivity contribution in [2.24, 2.45) is 0 Å². The Morgan fingerprint density at radius 1 is 0.560 bits per heavy atom. The molecule has 0 bridgehead atoms. The molecule has 4 heteroatoms. The third-order valence-corrected chi connectivity index (χ3v) is 4.76. The highest BCUT2D eigenvalue weighted by atomic mass is 15.0. The average molecular weight is 320 g/mol. The lowest BCUT2D eigenvalue weighted by Gasteiger charge is -2.07. The van der Waals surface area contributed by atoms with Gasteiger partial charge in [0.05, 0.1) is 22.1 Å². The molecular weight excluding hydrogens is 308 g/mol. The highest BCUT2D eigenvalue weighted by molar-refractivity contribution is 6.22. The van der Waals surface area contributed by atoms with Crippen molar-refractivity contribution in [2.45, 2.75) is 0 Å². The number of imidazole rings is 1. The number of fused-ring (bicyclic) bond motifs is 9. The van der Waals surface area contributed by atoms with E-state index in [9.17, 15) is 0 Å². The van der Waals surface area contributed by atoms with Gasteiger partial charge in [0.25, 0.3) is 0 Å². The van der Waals surface area contributed by atoms with Crippen molar-refractivity contribution >= 4 is 49.5 Å². The highest BCUT2D eigenvalue weighted by Crippen LogP contribution is 2.34. The van der Waals surface area contributed by atoms with Gasteiger partial charge in [0.1, 0.15) is 16.7 Å². The van der Waals surface area contributed by atoms with Crippen molar-refractivity contribution in [1.29, 1.82) is 0 Å². The maximum atomic E-state index is 4.91. The van der Waals surface area contributed by atoms with E-state index in [0.717, 1.165) is 49.5 Å². The molecule has 0 radical (unpaired) electrons. The maximum absolute atomic E-state index is 4.91. The van der Waals surface area contributed by atoms with Gasteiger partial charge in [0, 0.05) is 17.0 Å². The summed E-state index contributed by atoms with van der Waals surface area (Å²) < 4.78 is 2.13. The van der Waals surface area contributed by atoms with Crippen molar-refractivity contribution in [1.82, 2.24) is 19.4 Å². The van der Waals surface area contributed by atoms with Gasteiger partial charge in [-0.3, -0.25) is 4.40 Å². The second-order valence-corrected chi connectivity index (χ2v) is 6.19. The summed E-state index contributed by atoms with van der Waals surface area (Å²) in [6.07, 6.45) is 2.05. The van der Waals surface area contributed by atoms with Crippen LogP contribution in [0, 0.1) is 0 Å². The first kappa shape index (κ1) is 12.8. The Balaban J connectivity index is 2.01. The molecule has 0 N–H and O–H groups in total. The first-order valence-corrected chi connectivity index (χ1v) is 8.24. The van der Waals surface area contributed by atoms with E-state index in [1.54, 1.807) is 0 Å². The van der Waals surface area contributed by atoms with Crippen LogP contribution in [-0.4, -0.2) is 19.4 Å². The van der Waals surface area contributed by atoms with E-state index >= 15 is 0 Å². The quantitative estimate of drug-likeness (QED) is 0.300. The largest absolute Gasteiger partial charge is 0.299 e. The minimum absolute atomic E-state index is 0.858. The Hall–Kier alpha value is -3.53. The topological polar surface area (TPSA) is 43.1 Å². The van der Waals surface area contributed by atoms with Crippen molar-refractivity contribution in [2.75, 3.05) is 0 Å². The van der Waals surface area contributed by atoms with Crippen molar-refractivity contribution in [3.63, 3.8) is 0 Å². The first-order chi connectivity index (χ1) is 12.4. The molecule has 3 aromatic carbocycles. The second kappa shape index (κ2) is 4.51. The number of nitrogens with zero attached hydrogens (tertiary/aromatic N) is 4. The predicted octanol–water partition coefficient (Wildman–Crippen LogP) is 4.74. The first-order valence-electron chi connectivity index (χ1n) is 8.24. The van der Waals surface area contributed by atoms with Gasteiger partial charge in [-0.1, -0.05) is 42.5 Å². The zero-order valence-electron chi connectivity index (χ0n) is 13.2. The Labute approximate surface area is 142 Å². The SMILES string of the molecule is c1ccc2nc3c(nc2c1)c1ccccc1c1c3nc2ccccn21. The molecule has 0 amide bonds.